The van der Waals surface area contributed by atoms with Gasteiger partial charge < -0.3 is 14.7 Å². The molecule has 1 aliphatic carbocycles. The maximum Gasteiger partial charge on any atom is 0.309 e. The molecule has 0 radical (unpaired) electrons. The first kappa shape index (κ1) is 16.3. The number of aliphatic carboxylic acids is 1. The van der Waals surface area contributed by atoms with Gasteiger partial charge in [-0.25, -0.2) is 0 Å². The van der Waals surface area contributed by atoms with E-state index in [4.69, 9.17) is 4.74 Å². The molecule has 0 aromatic carbocycles. The Morgan fingerprint density at radius 1 is 1.24 bits per heavy atom. The molecule has 120 valence electrons. The number of rotatable bonds is 6. The predicted octanol–water partition coefficient (Wildman–Crippen LogP) is 2.29. The molecule has 0 unspecified atom stereocenters. The Hall–Kier alpha value is -1.10. The van der Waals surface area contributed by atoms with Gasteiger partial charge in [0.05, 0.1) is 11.5 Å². The lowest BCUT2D eigenvalue weighted by Gasteiger charge is -2.40. The average Bonchev–Trinajstić information content (AvgIpc) is 2.44. The summed E-state index contributed by atoms with van der Waals surface area (Å²) in [5, 5.41) is 9.37. The van der Waals surface area contributed by atoms with Gasteiger partial charge in [-0.05, 0) is 44.9 Å². The minimum Gasteiger partial charge on any atom is -0.481 e. The summed E-state index contributed by atoms with van der Waals surface area (Å²) in [6.07, 6.45) is 4.71. The lowest BCUT2D eigenvalue weighted by Crippen LogP contribution is -2.47. The Morgan fingerprint density at radius 3 is 2.33 bits per heavy atom. The van der Waals surface area contributed by atoms with Gasteiger partial charge in [-0.3, -0.25) is 9.59 Å². The molecule has 1 heterocycles. The molecule has 0 bridgehead atoms. The number of nitrogens with zero attached hydrogens (tertiary/aromatic N) is 1. The van der Waals surface area contributed by atoms with Crippen molar-refractivity contribution in [1.29, 1.82) is 0 Å². The molecular weight excluding hydrogens is 270 g/mol. The maximum absolute atomic E-state index is 12.3. The van der Waals surface area contributed by atoms with Gasteiger partial charge >= 0.3 is 5.97 Å². The Balaban J connectivity index is 1.75. The smallest absolute Gasteiger partial charge is 0.309 e. The number of ether oxygens (including phenoxy) is 1. The van der Waals surface area contributed by atoms with E-state index >= 15 is 0 Å². The van der Waals surface area contributed by atoms with Crippen molar-refractivity contribution in [2.24, 2.45) is 11.3 Å². The van der Waals surface area contributed by atoms with Crippen LogP contribution >= 0.6 is 0 Å². The summed E-state index contributed by atoms with van der Waals surface area (Å²) in [6, 6.07) is 0. The number of carbonyl (C=O) groups is 2. The average molecular weight is 297 g/mol. The van der Waals surface area contributed by atoms with Crippen molar-refractivity contribution in [3.63, 3.8) is 0 Å². The van der Waals surface area contributed by atoms with Gasteiger partial charge in [0.1, 0.15) is 0 Å². The summed E-state index contributed by atoms with van der Waals surface area (Å²) < 4.78 is 5.51. The van der Waals surface area contributed by atoms with Crippen LogP contribution in [0.15, 0.2) is 0 Å². The van der Waals surface area contributed by atoms with Crippen LogP contribution in [-0.4, -0.2) is 47.7 Å². The van der Waals surface area contributed by atoms with E-state index in [0.29, 0.717) is 50.8 Å². The van der Waals surface area contributed by atoms with Gasteiger partial charge in [0.15, 0.2) is 0 Å². The number of hydrogen-bond donors (Lipinski definition) is 1. The van der Waals surface area contributed by atoms with E-state index in [1.54, 1.807) is 0 Å². The molecule has 1 saturated carbocycles. The van der Waals surface area contributed by atoms with E-state index < -0.39 is 11.4 Å². The van der Waals surface area contributed by atoms with Gasteiger partial charge in [0.2, 0.25) is 5.91 Å². The Kier molecular flexibility index (Phi) is 5.25. The summed E-state index contributed by atoms with van der Waals surface area (Å²) in [5.41, 5.74) is -0.618. The highest BCUT2D eigenvalue weighted by Crippen LogP contribution is 2.37. The van der Waals surface area contributed by atoms with Gasteiger partial charge in [0.25, 0.3) is 0 Å². The number of carboxylic acids is 1. The van der Waals surface area contributed by atoms with Crippen molar-refractivity contribution in [2.45, 2.75) is 58.5 Å². The van der Waals surface area contributed by atoms with Crippen LogP contribution in [0.4, 0.5) is 0 Å². The predicted molar refractivity (Wildman–Crippen MR) is 78.9 cm³/mol. The van der Waals surface area contributed by atoms with Gasteiger partial charge in [-0.1, -0.05) is 6.92 Å². The lowest BCUT2D eigenvalue weighted by atomic mass is 9.75. The number of hydrogen-bond acceptors (Lipinski definition) is 3. The maximum atomic E-state index is 12.3. The second-order valence-electron chi connectivity index (χ2n) is 6.44. The molecule has 2 aliphatic rings. The highest BCUT2D eigenvalue weighted by atomic mass is 16.5. The van der Waals surface area contributed by atoms with Crippen molar-refractivity contribution < 1.29 is 19.4 Å². The molecule has 2 rings (SSSR count). The van der Waals surface area contributed by atoms with Crippen molar-refractivity contribution >= 4 is 11.9 Å². The van der Waals surface area contributed by atoms with Crippen LogP contribution in [-0.2, 0) is 14.3 Å². The molecule has 1 saturated heterocycles. The fraction of sp³-hybridized carbons (Fsp3) is 0.875. The van der Waals surface area contributed by atoms with Crippen LogP contribution in [0.5, 0.6) is 0 Å². The van der Waals surface area contributed by atoms with Gasteiger partial charge in [-0.15, -0.1) is 0 Å². The van der Waals surface area contributed by atoms with Gasteiger partial charge in [0, 0.05) is 26.1 Å². The highest BCUT2D eigenvalue weighted by Gasteiger charge is 2.41. The first-order chi connectivity index (χ1) is 10.0. The molecule has 2 fully saturated rings. The van der Waals surface area contributed by atoms with Crippen LogP contribution in [0, 0.1) is 11.3 Å². The van der Waals surface area contributed by atoms with E-state index in [1.807, 2.05) is 18.7 Å². The van der Waals surface area contributed by atoms with E-state index in [-0.39, 0.29) is 5.91 Å². The van der Waals surface area contributed by atoms with E-state index in [0.717, 1.165) is 19.4 Å². The van der Waals surface area contributed by atoms with Crippen LogP contribution in [0.25, 0.3) is 0 Å². The molecule has 1 N–H and O–H groups in total. The third-order valence-electron chi connectivity index (χ3n) is 5.26. The van der Waals surface area contributed by atoms with Crippen LogP contribution in [0.2, 0.25) is 0 Å². The first-order valence-corrected chi connectivity index (χ1v) is 8.13. The minimum atomic E-state index is -0.712. The van der Waals surface area contributed by atoms with Crippen molar-refractivity contribution in [3.05, 3.63) is 0 Å². The molecule has 5 heteroatoms. The minimum absolute atomic E-state index is 0.185. The molecule has 1 aliphatic heterocycles. The summed E-state index contributed by atoms with van der Waals surface area (Å²) in [6.45, 7) is 5.83. The monoisotopic (exact) mass is 297 g/mol. The summed E-state index contributed by atoms with van der Waals surface area (Å²) in [4.78, 5) is 25.5. The number of carboxylic acid groups (broad SMARTS) is 1. The molecule has 0 spiro atoms. The molecule has 0 atom stereocenters. The number of amides is 1. The van der Waals surface area contributed by atoms with Crippen LogP contribution < -0.4 is 0 Å². The zero-order valence-electron chi connectivity index (χ0n) is 13.1. The second-order valence-corrected chi connectivity index (χ2v) is 6.44. The largest absolute Gasteiger partial charge is 0.481 e. The third kappa shape index (κ3) is 3.57. The quantitative estimate of drug-likeness (QED) is 0.817. The summed E-state index contributed by atoms with van der Waals surface area (Å²) in [5.74, 6) is -0.0768. The number of likely N-dealkylation sites (tertiary alicyclic amines) is 1. The first-order valence-electron chi connectivity index (χ1n) is 8.13. The van der Waals surface area contributed by atoms with E-state index in [1.165, 1.54) is 0 Å². The lowest BCUT2D eigenvalue weighted by molar-refractivity contribution is -0.155. The van der Waals surface area contributed by atoms with Gasteiger partial charge in [-0.2, -0.15) is 0 Å². The number of piperidine rings is 1. The number of carbonyl (C=O) groups excluding carboxylic acids is 1. The molecular formula is C16H27NO4. The Bertz CT molecular complexity index is 382. The zero-order valence-corrected chi connectivity index (χ0v) is 13.1. The Labute approximate surface area is 126 Å². The van der Waals surface area contributed by atoms with Crippen molar-refractivity contribution in [1.82, 2.24) is 4.90 Å². The van der Waals surface area contributed by atoms with Crippen molar-refractivity contribution in [2.75, 3.05) is 19.7 Å². The zero-order chi connectivity index (χ0) is 15.5. The standard InChI is InChI=1S/C16H27NO4/c1-3-16(15(19)20)5-7-17(8-6-16)14(18)11-12-9-13(10-12)21-4-2/h12-13H,3-11H2,1-2H3,(H,19,20). The summed E-state index contributed by atoms with van der Waals surface area (Å²) in [7, 11) is 0. The molecule has 1 amide bonds. The van der Waals surface area contributed by atoms with Crippen LogP contribution in [0.1, 0.15) is 52.4 Å². The fourth-order valence-corrected chi connectivity index (χ4v) is 3.49. The highest BCUT2D eigenvalue weighted by molar-refractivity contribution is 5.78. The third-order valence-corrected chi connectivity index (χ3v) is 5.26. The summed E-state index contributed by atoms with van der Waals surface area (Å²) >= 11 is 0. The van der Waals surface area contributed by atoms with E-state index in [2.05, 4.69) is 0 Å². The molecule has 21 heavy (non-hydrogen) atoms. The molecule has 0 aromatic rings. The van der Waals surface area contributed by atoms with Crippen LogP contribution in [0.3, 0.4) is 0 Å². The SMILES string of the molecule is CCOC1CC(CC(=O)N2CCC(CC)(C(=O)O)CC2)C1. The van der Waals surface area contributed by atoms with E-state index in [9.17, 15) is 14.7 Å². The molecule has 0 aromatic heterocycles. The normalized spacial score (nSPS) is 28.0. The fourth-order valence-electron chi connectivity index (χ4n) is 3.49. The second kappa shape index (κ2) is 6.77. The molecule has 5 nitrogen and oxygen atoms in total. The topological polar surface area (TPSA) is 66.8 Å². The van der Waals surface area contributed by atoms with Crippen molar-refractivity contribution in [3.8, 4) is 0 Å². The Morgan fingerprint density at radius 2 is 1.86 bits per heavy atom.